The zero-order chi connectivity index (χ0) is 20.1. The lowest BCUT2D eigenvalue weighted by atomic mass is 10.3. The van der Waals surface area contributed by atoms with Crippen LogP contribution in [-0.2, 0) is 27.7 Å². The second kappa shape index (κ2) is 9.47. The van der Waals surface area contributed by atoms with E-state index in [4.69, 9.17) is 4.74 Å². The van der Waals surface area contributed by atoms with E-state index in [1.54, 1.807) is 24.6 Å². The van der Waals surface area contributed by atoms with Crippen LogP contribution in [0.25, 0.3) is 0 Å². The van der Waals surface area contributed by atoms with Gasteiger partial charge in [-0.25, -0.2) is 18.4 Å². The lowest BCUT2D eigenvalue weighted by Crippen LogP contribution is -2.26. The molecule has 2 aromatic rings. The minimum atomic E-state index is -3.40. The molecule has 0 bridgehead atoms. The minimum Gasteiger partial charge on any atom is -0.385 e. The molecule has 9 heteroatoms. The Morgan fingerprint density at radius 1 is 1.36 bits per heavy atom. The number of thiazole rings is 1. The normalized spacial score (nSPS) is 16.9. The monoisotopic (exact) mass is 426 g/mol. The topological polar surface area (TPSA) is 77.3 Å². The number of imidazole rings is 1. The molecule has 0 aliphatic heterocycles. The Morgan fingerprint density at radius 3 is 2.75 bits per heavy atom. The number of hydrogen-bond acceptors (Lipinski definition) is 7. The summed E-state index contributed by atoms with van der Waals surface area (Å²) in [5.41, 5.74) is 0.915. The highest BCUT2D eigenvalue weighted by atomic mass is 32.2. The van der Waals surface area contributed by atoms with E-state index in [-0.39, 0.29) is 16.4 Å². The van der Waals surface area contributed by atoms with Crippen molar-refractivity contribution >= 4 is 21.2 Å². The van der Waals surface area contributed by atoms with Crippen molar-refractivity contribution < 1.29 is 13.2 Å². The largest absolute Gasteiger partial charge is 0.385 e. The Kier molecular flexibility index (Phi) is 7.25. The van der Waals surface area contributed by atoms with Gasteiger partial charge in [-0.1, -0.05) is 12.8 Å². The Balaban J connectivity index is 1.84. The van der Waals surface area contributed by atoms with Gasteiger partial charge in [0.05, 0.1) is 23.2 Å². The van der Waals surface area contributed by atoms with Gasteiger partial charge in [0.25, 0.3) is 0 Å². The van der Waals surface area contributed by atoms with Crippen LogP contribution in [0.1, 0.15) is 55.8 Å². The van der Waals surface area contributed by atoms with Crippen LogP contribution in [-0.4, -0.2) is 53.9 Å². The zero-order valence-electron chi connectivity index (χ0n) is 16.9. The minimum absolute atomic E-state index is 0.150. The fourth-order valence-electron chi connectivity index (χ4n) is 3.72. The van der Waals surface area contributed by atoms with Crippen LogP contribution in [0.2, 0.25) is 0 Å². The molecule has 1 saturated carbocycles. The molecular formula is C19H30N4O3S2. The molecule has 0 aromatic carbocycles. The van der Waals surface area contributed by atoms with E-state index in [1.807, 2.05) is 23.2 Å². The number of nitrogens with zero attached hydrogens (tertiary/aromatic N) is 4. The van der Waals surface area contributed by atoms with Crippen molar-refractivity contribution in [2.24, 2.45) is 0 Å². The van der Waals surface area contributed by atoms with Crippen molar-refractivity contribution in [3.05, 3.63) is 28.5 Å². The Morgan fingerprint density at radius 2 is 2.11 bits per heavy atom. The van der Waals surface area contributed by atoms with Crippen molar-refractivity contribution in [2.75, 3.05) is 20.8 Å². The van der Waals surface area contributed by atoms with Crippen LogP contribution >= 0.6 is 11.3 Å². The molecule has 0 unspecified atom stereocenters. The van der Waals surface area contributed by atoms with E-state index in [1.165, 1.54) is 0 Å². The molecule has 2 heterocycles. The summed E-state index contributed by atoms with van der Waals surface area (Å²) in [6.45, 7) is 3.90. The van der Waals surface area contributed by atoms with Gasteiger partial charge in [-0.15, -0.1) is 11.3 Å². The third-order valence-corrected chi connectivity index (χ3v) is 8.64. The average molecular weight is 427 g/mol. The molecule has 7 nitrogen and oxygen atoms in total. The number of methoxy groups -OCH3 is 1. The van der Waals surface area contributed by atoms with Gasteiger partial charge in [-0.3, -0.25) is 4.90 Å². The maximum Gasteiger partial charge on any atom is 0.228 e. The van der Waals surface area contributed by atoms with Crippen molar-refractivity contribution in [2.45, 2.75) is 68.6 Å². The molecule has 1 fully saturated rings. The van der Waals surface area contributed by atoms with E-state index in [0.717, 1.165) is 42.8 Å². The summed E-state index contributed by atoms with van der Waals surface area (Å²) in [6, 6.07) is 0.150. The van der Waals surface area contributed by atoms with Crippen LogP contribution in [0.15, 0.2) is 22.9 Å². The second-order valence-electron chi connectivity index (χ2n) is 7.44. The SMILES string of the molecule is COCCCn1c(CN(C)[C@@H](C)c2nccs2)cnc1S(=O)(=O)C1CCCC1. The fraction of sp³-hybridized carbons (Fsp3) is 0.684. The Bertz CT molecular complexity index is 843. The molecule has 0 saturated heterocycles. The molecule has 1 atom stereocenters. The number of sulfone groups is 1. The first-order valence-corrected chi connectivity index (χ1v) is 12.2. The summed E-state index contributed by atoms with van der Waals surface area (Å²) in [4.78, 5) is 11.0. The molecule has 2 aromatic heterocycles. The maximum absolute atomic E-state index is 13.2. The summed E-state index contributed by atoms with van der Waals surface area (Å²) in [6.07, 6.45) is 7.72. The summed E-state index contributed by atoms with van der Waals surface area (Å²) < 4.78 is 33.4. The smallest absolute Gasteiger partial charge is 0.228 e. The van der Waals surface area contributed by atoms with Gasteiger partial charge in [0.2, 0.25) is 15.0 Å². The third kappa shape index (κ3) is 4.64. The molecule has 28 heavy (non-hydrogen) atoms. The van der Waals surface area contributed by atoms with Gasteiger partial charge in [0.1, 0.15) is 5.01 Å². The van der Waals surface area contributed by atoms with Gasteiger partial charge in [-0.05, 0) is 33.2 Å². The van der Waals surface area contributed by atoms with Crippen LogP contribution in [0.3, 0.4) is 0 Å². The van der Waals surface area contributed by atoms with Crippen LogP contribution in [0.4, 0.5) is 0 Å². The molecule has 1 aliphatic carbocycles. The Labute approximate surface area is 171 Å². The maximum atomic E-state index is 13.2. The highest BCUT2D eigenvalue weighted by molar-refractivity contribution is 7.91. The zero-order valence-corrected chi connectivity index (χ0v) is 18.5. The van der Waals surface area contributed by atoms with Gasteiger partial charge in [0, 0.05) is 38.4 Å². The van der Waals surface area contributed by atoms with E-state index >= 15 is 0 Å². The molecule has 0 radical (unpaired) electrons. The van der Waals surface area contributed by atoms with E-state index in [9.17, 15) is 8.42 Å². The van der Waals surface area contributed by atoms with Crippen molar-refractivity contribution in [3.63, 3.8) is 0 Å². The second-order valence-corrected chi connectivity index (χ2v) is 10.5. The van der Waals surface area contributed by atoms with Crippen LogP contribution < -0.4 is 0 Å². The highest BCUT2D eigenvalue weighted by Gasteiger charge is 2.34. The van der Waals surface area contributed by atoms with Crippen LogP contribution in [0.5, 0.6) is 0 Å². The van der Waals surface area contributed by atoms with Gasteiger partial charge in [0.15, 0.2) is 0 Å². The molecule has 156 valence electrons. The highest BCUT2D eigenvalue weighted by Crippen LogP contribution is 2.30. The summed E-state index contributed by atoms with van der Waals surface area (Å²) >= 11 is 1.63. The fourth-order valence-corrected chi connectivity index (χ4v) is 6.45. The molecule has 3 rings (SSSR count). The number of ether oxygens (including phenoxy) is 1. The predicted octanol–water partition coefficient (Wildman–Crippen LogP) is 3.29. The average Bonchev–Trinajstić information content (AvgIpc) is 3.43. The molecular weight excluding hydrogens is 396 g/mol. The molecule has 1 aliphatic rings. The van der Waals surface area contributed by atoms with Crippen molar-refractivity contribution in [1.82, 2.24) is 19.4 Å². The van der Waals surface area contributed by atoms with Gasteiger partial charge < -0.3 is 9.30 Å². The first-order valence-electron chi connectivity index (χ1n) is 9.82. The van der Waals surface area contributed by atoms with E-state index in [2.05, 4.69) is 21.8 Å². The molecule has 0 amide bonds. The summed E-state index contributed by atoms with van der Waals surface area (Å²) in [5, 5.41) is 2.95. The number of rotatable bonds is 10. The number of hydrogen-bond donors (Lipinski definition) is 0. The molecule has 0 spiro atoms. The third-order valence-electron chi connectivity index (χ3n) is 5.51. The standard InChI is InChI=1S/C19H30N4O3S2/c1-15(18-20-9-12-27-18)22(2)14-16-13-21-19(23(16)10-6-11-26-3)28(24,25)17-7-4-5-8-17/h9,12-13,15,17H,4-8,10-11,14H2,1-3H3/t15-/m0/s1. The van der Waals surface area contributed by atoms with Crippen molar-refractivity contribution in [1.29, 1.82) is 0 Å². The summed E-state index contributed by atoms with van der Waals surface area (Å²) in [7, 11) is 0.290. The van der Waals surface area contributed by atoms with E-state index < -0.39 is 9.84 Å². The lowest BCUT2D eigenvalue weighted by molar-refractivity contribution is 0.187. The Hall–Kier alpha value is -1.29. The van der Waals surface area contributed by atoms with Crippen molar-refractivity contribution in [3.8, 4) is 0 Å². The predicted molar refractivity (Wildman–Crippen MR) is 110 cm³/mol. The first-order chi connectivity index (χ1) is 13.4. The summed E-state index contributed by atoms with van der Waals surface area (Å²) in [5.74, 6) is 0. The molecule has 0 N–H and O–H groups in total. The quantitative estimate of drug-likeness (QED) is 0.543. The first kappa shape index (κ1) is 21.4. The number of aromatic nitrogens is 3. The van der Waals surface area contributed by atoms with E-state index in [0.29, 0.717) is 19.7 Å². The van der Waals surface area contributed by atoms with Gasteiger partial charge in [-0.2, -0.15) is 0 Å². The van der Waals surface area contributed by atoms with Gasteiger partial charge >= 0.3 is 0 Å². The lowest BCUT2D eigenvalue weighted by Gasteiger charge is -2.24. The van der Waals surface area contributed by atoms with Crippen LogP contribution in [0, 0.1) is 0 Å².